The lowest BCUT2D eigenvalue weighted by Gasteiger charge is -2.38. The van der Waals surface area contributed by atoms with Crippen molar-refractivity contribution in [3.63, 3.8) is 0 Å². The zero-order valence-electron chi connectivity index (χ0n) is 9.34. The van der Waals surface area contributed by atoms with Crippen LogP contribution < -0.4 is 0 Å². The predicted molar refractivity (Wildman–Crippen MR) is 56.7 cm³/mol. The minimum atomic E-state index is 0.593. The molecule has 1 heterocycles. The van der Waals surface area contributed by atoms with E-state index < -0.39 is 0 Å². The summed E-state index contributed by atoms with van der Waals surface area (Å²) in [5.41, 5.74) is 0.593. The lowest BCUT2D eigenvalue weighted by atomic mass is 9.76. The van der Waals surface area contributed by atoms with Crippen LogP contribution in [0.15, 0.2) is 0 Å². The first-order valence-electron chi connectivity index (χ1n) is 5.83. The molecule has 1 aliphatic heterocycles. The molecule has 0 amide bonds. The molecule has 2 atom stereocenters. The first kappa shape index (κ1) is 9.51. The highest BCUT2D eigenvalue weighted by Crippen LogP contribution is 2.47. The fraction of sp³-hybridized carbons (Fsp3) is 1.00. The van der Waals surface area contributed by atoms with Crippen LogP contribution in [-0.2, 0) is 0 Å². The molecular formula is C12H23N. The summed E-state index contributed by atoms with van der Waals surface area (Å²) >= 11 is 0. The Morgan fingerprint density at radius 3 is 2.31 bits per heavy atom. The van der Waals surface area contributed by atoms with Gasteiger partial charge in [0.25, 0.3) is 0 Å². The summed E-state index contributed by atoms with van der Waals surface area (Å²) in [4.78, 5) is 2.63. The van der Waals surface area contributed by atoms with Gasteiger partial charge in [-0.05, 0) is 49.6 Å². The summed E-state index contributed by atoms with van der Waals surface area (Å²) < 4.78 is 0. The Morgan fingerprint density at radius 2 is 1.92 bits per heavy atom. The molecule has 0 radical (unpaired) electrons. The van der Waals surface area contributed by atoms with Gasteiger partial charge in [0.2, 0.25) is 0 Å². The SMILES string of the molecule is C[C@H]1CC[C@H](CN2CCC2)C1(C)C. The highest BCUT2D eigenvalue weighted by atomic mass is 15.2. The van der Waals surface area contributed by atoms with Crippen LogP contribution in [0.25, 0.3) is 0 Å². The van der Waals surface area contributed by atoms with Gasteiger partial charge in [0.05, 0.1) is 0 Å². The second-order valence-corrected chi connectivity index (χ2v) is 5.65. The number of hydrogen-bond acceptors (Lipinski definition) is 1. The number of hydrogen-bond donors (Lipinski definition) is 0. The lowest BCUT2D eigenvalue weighted by Crippen LogP contribution is -2.43. The highest BCUT2D eigenvalue weighted by molar-refractivity contribution is 4.92. The van der Waals surface area contributed by atoms with Crippen molar-refractivity contribution < 1.29 is 0 Å². The summed E-state index contributed by atoms with van der Waals surface area (Å²) in [5.74, 6) is 1.89. The van der Waals surface area contributed by atoms with E-state index >= 15 is 0 Å². The number of rotatable bonds is 2. The van der Waals surface area contributed by atoms with Gasteiger partial charge in [-0.2, -0.15) is 0 Å². The Hall–Kier alpha value is -0.0400. The molecule has 0 spiro atoms. The maximum Gasteiger partial charge on any atom is 0.00149 e. The van der Waals surface area contributed by atoms with Crippen molar-refractivity contribution >= 4 is 0 Å². The van der Waals surface area contributed by atoms with Crippen LogP contribution in [0.4, 0.5) is 0 Å². The standard InChI is InChI=1S/C12H23N/c1-10-5-6-11(12(10,2)3)9-13-7-4-8-13/h10-11H,4-9H2,1-3H3/t10-,11+/m0/s1. The van der Waals surface area contributed by atoms with Gasteiger partial charge >= 0.3 is 0 Å². The molecule has 0 N–H and O–H groups in total. The molecule has 76 valence electrons. The van der Waals surface area contributed by atoms with E-state index in [9.17, 15) is 0 Å². The average molecular weight is 181 g/mol. The van der Waals surface area contributed by atoms with Crippen LogP contribution in [-0.4, -0.2) is 24.5 Å². The maximum absolute atomic E-state index is 2.63. The average Bonchev–Trinajstić information content (AvgIpc) is 2.22. The minimum Gasteiger partial charge on any atom is -0.303 e. The Bertz CT molecular complexity index is 182. The van der Waals surface area contributed by atoms with E-state index in [1.807, 2.05) is 0 Å². The van der Waals surface area contributed by atoms with Gasteiger partial charge in [-0.25, -0.2) is 0 Å². The smallest absolute Gasteiger partial charge is 0.00149 e. The van der Waals surface area contributed by atoms with Crippen LogP contribution in [0.2, 0.25) is 0 Å². The zero-order valence-corrected chi connectivity index (χ0v) is 9.34. The molecule has 0 aromatic rings. The first-order chi connectivity index (χ1) is 6.10. The van der Waals surface area contributed by atoms with Gasteiger partial charge in [-0.15, -0.1) is 0 Å². The molecule has 0 unspecified atom stereocenters. The Kier molecular flexibility index (Phi) is 2.39. The van der Waals surface area contributed by atoms with Crippen LogP contribution in [0, 0.1) is 17.3 Å². The molecular weight excluding hydrogens is 158 g/mol. The fourth-order valence-electron chi connectivity index (χ4n) is 2.80. The van der Waals surface area contributed by atoms with Crippen molar-refractivity contribution in [2.75, 3.05) is 19.6 Å². The third kappa shape index (κ3) is 1.63. The van der Waals surface area contributed by atoms with E-state index in [4.69, 9.17) is 0 Å². The van der Waals surface area contributed by atoms with Crippen molar-refractivity contribution in [3.8, 4) is 0 Å². The molecule has 1 saturated carbocycles. The minimum absolute atomic E-state index is 0.593. The largest absolute Gasteiger partial charge is 0.303 e. The molecule has 0 aromatic heterocycles. The Balaban J connectivity index is 1.91. The van der Waals surface area contributed by atoms with Crippen molar-refractivity contribution in [3.05, 3.63) is 0 Å². The first-order valence-corrected chi connectivity index (χ1v) is 5.83. The van der Waals surface area contributed by atoms with Crippen LogP contribution in [0.5, 0.6) is 0 Å². The van der Waals surface area contributed by atoms with Crippen LogP contribution in [0.3, 0.4) is 0 Å². The predicted octanol–water partition coefficient (Wildman–Crippen LogP) is 2.76. The summed E-state index contributed by atoms with van der Waals surface area (Å²) in [6.45, 7) is 11.5. The van der Waals surface area contributed by atoms with E-state index in [0.717, 1.165) is 11.8 Å². The molecule has 0 bridgehead atoms. The van der Waals surface area contributed by atoms with Crippen molar-refractivity contribution in [2.24, 2.45) is 17.3 Å². The quantitative estimate of drug-likeness (QED) is 0.633. The van der Waals surface area contributed by atoms with Gasteiger partial charge in [-0.3, -0.25) is 0 Å². The second-order valence-electron chi connectivity index (χ2n) is 5.65. The zero-order chi connectivity index (χ0) is 9.47. The van der Waals surface area contributed by atoms with Gasteiger partial charge in [0, 0.05) is 6.54 Å². The Morgan fingerprint density at radius 1 is 1.23 bits per heavy atom. The number of likely N-dealkylation sites (tertiary alicyclic amines) is 1. The number of nitrogens with zero attached hydrogens (tertiary/aromatic N) is 1. The van der Waals surface area contributed by atoms with Crippen LogP contribution >= 0.6 is 0 Å². The van der Waals surface area contributed by atoms with E-state index in [1.54, 1.807) is 0 Å². The van der Waals surface area contributed by atoms with Gasteiger partial charge in [0.1, 0.15) is 0 Å². The summed E-state index contributed by atoms with van der Waals surface area (Å²) in [6, 6.07) is 0. The third-order valence-electron chi connectivity index (χ3n) is 4.70. The maximum atomic E-state index is 2.63. The molecule has 1 heteroatoms. The van der Waals surface area contributed by atoms with E-state index in [0.29, 0.717) is 5.41 Å². The highest BCUT2D eigenvalue weighted by Gasteiger charge is 2.41. The van der Waals surface area contributed by atoms with Gasteiger partial charge in [0.15, 0.2) is 0 Å². The Labute approximate surface area is 82.5 Å². The molecule has 13 heavy (non-hydrogen) atoms. The topological polar surface area (TPSA) is 3.24 Å². The van der Waals surface area contributed by atoms with E-state index in [2.05, 4.69) is 25.7 Å². The molecule has 1 nitrogen and oxygen atoms in total. The second kappa shape index (κ2) is 3.27. The van der Waals surface area contributed by atoms with Crippen molar-refractivity contribution in [2.45, 2.75) is 40.0 Å². The molecule has 2 rings (SSSR count). The normalized spacial score (nSPS) is 39.0. The van der Waals surface area contributed by atoms with Gasteiger partial charge < -0.3 is 4.90 Å². The summed E-state index contributed by atoms with van der Waals surface area (Å²) in [7, 11) is 0. The van der Waals surface area contributed by atoms with Crippen molar-refractivity contribution in [1.29, 1.82) is 0 Å². The lowest BCUT2D eigenvalue weighted by molar-refractivity contribution is 0.0970. The third-order valence-corrected chi connectivity index (χ3v) is 4.70. The van der Waals surface area contributed by atoms with Gasteiger partial charge in [-0.1, -0.05) is 20.8 Å². The summed E-state index contributed by atoms with van der Waals surface area (Å²) in [6.07, 6.45) is 4.35. The van der Waals surface area contributed by atoms with Crippen molar-refractivity contribution in [1.82, 2.24) is 4.90 Å². The molecule has 1 aliphatic carbocycles. The summed E-state index contributed by atoms with van der Waals surface area (Å²) in [5, 5.41) is 0. The molecule has 0 aromatic carbocycles. The molecule has 1 saturated heterocycles. The molecule has 2 fully saturated rings. The fourth-order valence-corrected chi connectivity index (χ4v) is 2.80. The molecule has 2 aliphatic rings. The monoisotopic (exact) mass is 181 g/mol. The van der Waals surface area contributed by atoms with Crippen LogP contribution in [0.1, 0.15) is 40.0 Å². The van der Waals surface area contributed by atoms with E-state index in [1.165, 1.54) is 38.9 Å². The van der Waals surface area contributed by atoms with E-state index in [-0.39, 0.29) is 0 Å².